The number of hydrogen-bond acceptors (Lipinski definition) is 4. The first-order valence-corrected chi connectivity index (χ1v) is 9.72. The Hall–Kier alpha value is -2.10. The van der Waals surface area contributed by atoms with E-state index in [1.54, 1.807) is 0 Å². The maximum absolute atomic E-state index is 13.0. The van der Waals surface area contributed by atoms with Crippen molar-refractivity contribution in [2.45, 2.75) is 17.9 Å². The Morgan fingerprint density at radius 3 is 2.19 bits per heavy atom. The SMILES string of the molecule is CC(C(=O)O)N(c1ccc(Cl)c(C(=O)O)c1)S(=O)(=O)c1ccc(Br)cc1. The van der Waals surface area contributed by atoms with Gasteiger partial charge in [0.05, 0.1) is 21.2 Å². The number of carbonyl (C=O) groups is 2. The number of carboxylic acids is 2. The summed E-state index contributed by atoms with van der Waals surface area (Å²) < 4.78 is 27.3. The van der Waals surface area contributed by atoms with Gasteiger partial charge in [0.2, 0.25) is 0 Å². The van der Waals surface area contributed by atoms with Crippen LogP contribution in [-0.2, 0) is 14.8 Å². The van der Waals surface area contributed by atoms with Gasteiger partial charge in [-0.2, -0.15) is 0 Å². The van der Waals surface area contributed by atoms with Gasteiger partial charge in [-0.05, 0) is 49.4 Å². The van der Waals surface area contributed by atoms with Crippen molar-refractivity contribution in [2.75, 3.05) is 4.31 Å². The third-order valence-electron chi connectivity index (χ3n) is 3.51. The highest BCUT2D eigenvalue weighted by molar-refractivity contribution is 9.10. The van der Waals surface area contributed by atoms with Crippen LogP contribution in [0, 0.1) is 0 Å². The Morgan fingerprint density at radius 2 is 1.69 bits per heavy atom. The minimum absolute atomic E-state index is 0.0924. The second-order valence-corrected chi connectivity index (χ2v) is 8.38. The number of sulfonamides is 1. The molecule has 2 rings (SSSR count). The molecule has 2 aromatic rings. The fourth-order valence-electron chi connectivity index (χ4n) is 2.21. The van der Waals surface area contributed by atoms with Gasteiger partial charge in [0.15, 0.2) is 0 Å². The molecule has 10 heteroatoms. The molecule has 1 unspecified atom stereocenters. The highest BCUT2D eigenvalue weighted by Crippen LogP contribution is 2.30. The van der Waals surface area contributed by atoms with E-state index in [9.17, 15) is 28.2 Å². The molecule has 0 saturated heterocycles. The van der Waals surface area contributed by atoms with Crippen LogP contribution in [0.15, 0.2) is 51.8 Å². The smallest absolute Gasteiger partial charge is 0.337 e. The Balaban J connectivity index is 2.68. The van der Waals surface area contributed by atoms with E-state index in [2.05, 4.69) is 15.9 Å². The molecule has 7 nitrogen and oxygen atoms in total. The molecule has 0 bridgehead atoms. The molecular formula is C16H13BrClNO6S. The van der Waals surface area contributed by atoms with Gasteiger partial charge in [-0.15, -0.1) is 0 Å². The van der Waals surface area contributed by atoms with Crippen molar-refractivity contribution in [3.8, 4) is 0 Å². The predicted molar refractivity (Wildman–Crippen MR) is 99.3 cm³/mol. The standard InChI is InChI=1S/C16H13BrClNO6S/c1-9(15(20)21)19(11-4-7-14(18)13(8-11)16(22)23)26(24,25)12-5-2-10(17)3-6-12/h2-9H,1H3,(H,20,21)(H,22,23). The van der Waals surface area contributed by atoms with Crippen LogP contribution in [0.4, 0.5) is 5.69 Å². The van der Waals surface area contributed by atoms with Crippen molar-refractivity contribution in [2.24, 2.45) is 0 Å². The van der Waals surface area contributed by atoms with E-state index in [1.165, 1.54) is 43.3 Å². The Morgan fingerprint density at radius 1 is 1.12 bits per heavy atom. The zero-order chi connectivity index (χ0) is 19.6. The molecule has 1 atom stereocenters. The van der Waals surface area contributed by atoms with Crippen molar-refractivity contribution in [3.63, 3.8) is 0 Å². The number of anilines is 1. The van der Waals surface area contributed by atoms with Crippen LogP contribution in [0.3, 0.4) is 0 Å². The number of aromatic carboxylic acids is 1. The number of nitrogens with zero attached hydrogens (tertiary/aromatic N) is 1. The van der Waals surface area contributed by atoms with Crippen molar-refractivity contribution in [1.82, 2.24) is 0 Å². The third-order valence-corrected chi connectivity index (χ3v) is 6.29. The number of benzene rings is 2. The van der Waals surface area contributed by atoms with Gasteiger partial charge in [0.25, 0.3) is 10.0 Å². The van der Waals surface area contributed by atoms with E-state index >= 15 is 0 Å². The van der Waals surface area contributed by atoms with E-state index in [-0.39, 0.29) is 21.2 Å². The second-order valence-electron chi connectivity index (χ2n) is 5.24. The number of halogens is 2. The fourth-order valence-corrected chi connectivity index (χ4v) is 4.27. The van der Waals surface area contributed by atoms with Gasteiger partial charge < -0.3 is 10.2 Å². The van der Waals surface area contributed by atoms with Crippen molar-refractivity contribution in [1.29, 1.82) is 0 Å². The number of aliphatic carboxylic acids is 1. The first-order chi connectivity index (χ1) is 12.1. The summed E-state index contributed by atoms with van der Waals surface area (Å²) in [6.07, 6.45) is 0. The lowest BCUT2D eigenvalue weighted by Gasteiger charge is -2.28. The minimum atomic E-state index is -4.27. The molecule has 0 radical (unpaired) electrons. The third kappa shape index (κ3) is 4.00. The topological polar surface area (TPSA) is 112 Å². The van der Waals surface area contributed by atoms with Crippen LogP contribution in [0.5, 0.6) is 0 Å². The van der Waals surface area contributed by atoms with Gasteiger partial charge in [0.1, 0.15) is 6.04 Å². The number of rotatable bonds is 6. The maximum Gasteiger partial charge on any atom is 0.337 e. The van der Waals surface area contributed by atoms with Gasteiger partial charge in [-0.1, -0.05) is 27.5 Å². The lowest BCUT2D eigenvalue weighted by Crippen LogP contribution is -2.43. The van der Waals surface area contributed by atoms with Crippen LogP contribution in [-0.4, -0.2) is 36.6 Å². The predicted octanol–water partition coefficient (Wildman–Crippen LogP) is 3.47. The number of hydrogen-bond donors (Lipinski definition) is 2. The molecule has 26 heavy (non-hydrogen) atoms. The summed E-state index contributed by atoms with van der Waals surface area (Å²) in [6.45, 7) is 1.19. The quantitative estimate of drug-likeness (QED) is 0.680. The molecule has 0 amide bonds. The molecule has 0 aromatic heterocycles. The second kappa shape index (κ2) is 7.65. The molecule has 0 heterocycles. The van der Waals surface area contributed by atoms with E-state index in [1.807, 2.05) is 0 Å². The summed E-state index contributed by atoms with van der Waals surface area (Å²) >= 11 is 9.01. The molecule has 0 fully saturated rings. The molecule has 0 aliphatic rings. The van der Waals surface area contributed by atoms with E-state index in [0.717, 1.165) is 6.07 Å². The Kier molecular flexibility index (Phi) is 5.94. The van der Waals surface area contributed by atoms with Crippen LogP contribution in [0.25, 0.3) is 0 Å². The summed E-state index contributed by atoms with van der Waals surface area (Å²) in [6, 6.07) is 7.64. The monoisotopic (exact) mass is 461 g/mol. The van der Waals surface area contributed by atoms with Crippen LogP contribution in [0.1, 0.15) is 17.3 Å². The molecule has 138 valence electrons. The fraction of sp³-hybridized carbons (Fsp3) is 0.125. The van der Waals surface area contributed by atoms with E-state index < -0.39 is 28.0 Å². The summed E-state index contributed by atoms with van der Waals surface area (Å²) in [7, 11) is -4.27. The summed E-state index contributed by atoms with van der Waals surface area (Å²) in [5.74, 6) is -2.75. The van der Waals surface area contributed by atoms with Gasteiger partial charge in [-0.25, -0.2) is 18.0 Å². The highest BCUT2D eigenvalue weighted by Gasteiger charge is 2.34. The molecular weight excluding hydrogens is 450 g/mol. The van der Waals surface area contributed by atoms with Crippen LogP contribution in [0.2, 0.25) is 5.02 Å². The summed E-state index contributed by atoms with van der Waals surface area (Å²) in [5.41, 5.74) is -0.456. The summed E-state index contributed by atoms with van der Waals surface area (Å²) in [5, 5.41) is 18.4. The molecule has 0 aliphatic heterocycles. The van der Waals surface area contributed by atoms with E-state index in [0.29, 0.717) is 8.78 Å². The molecule has 2 N–H and O–H groups in total. The average Bonchev–Trinajstić information content (AvgIpc) is 2.56. The van der Waals surface area contributed by atoms with Crippen molar-refractivity contribution < 1.29 is 28.2 Å². The van der Waals surface area contributed by atoms with Gasteiger partial charge in [-0.3, -0.25) is 4.31 Å². The highest BCUT2D eigenvalue weighted by atomic mass is 79.9. The molecule has 0 aliphatic carbocycles. The van der Waals surface area contributed by atoms with Gasteiger partial charge >= 0.3 is 11.9 Å². The lowest BCUT2D eigenvalue weighted by molar-refractivity contribution is -0.137. The Labute approximate surface area is 163 Å². The van der Waals surface area contributed by atoms with Gasteiger partial charge in [0, 0.05) is 4.47 Å². The van der Waals surface area contributed by atoms with Crippen molar-refractivity contribution >= 4 is 55.2 Å². The first-order valence-electron chi connectivity index (χ1n) is 7.11. The lowest BCUT2D eigenvalue weighted by atomic mass is 10.2. The zero-order valence-electron chi connectivity index (χ0n) is 13.3. The van der Waals surface area contributed by atoms with Crippen LogP contribution < -0.4 is 4.31 Å². The zero-order valence-corrected chi connectivity index (χ0v) is 16.4. The van der Waals surface area contributed by atoms with E-state index in [4.69, 9.17) is 11.6 Å². The maximum atomic E-state index is 13.0. The minimum Gasteiger partial charge on any atom is -0.480 e. The molecule has 0 spiro atoms. The molecule has 2 aromatic carbocycles. The average molecular weight is 463 g/mol. The Bertz CT molecular complexity index is 961. The van der Waals surface area contributed by atoms with Crippen LogP contribution >= 0.6 is 27.5 Å². The largest absolute Gasteiger partial charge is 0.480 e. The first kappa shape index (κ1) is 20.2. The molecule has 0 saturated carbocycles. The number of carboxylic acid groups (broad SMARTS) is 2. The summed E-state index contributed by atoms with van der Waals surface area (Å²) in [4.78, 5) is 22.6. The van der Waals surface area contributed by atoms with Crippen molar-refractivity contribution in [3.05, 3.63) is 57.5 Å². The normalized spacial score (nSPS) is 12.4.